The van der Waals surface area contributed by atoms with Gasteiger partial charge in [0.25, 0.3) is 0 Å². The van der Waals surface area contributed by atoms with Gasteiger partial charge in [0.2, 0.25) is 0 Å². The largest absolute Gasteiger partial charge is 0.393 e. The highest BCUT2D eigenvalue weighted by Crippen LogP contribution is 2.33. The predicted octanol–water partition coefficient (Wildman–Crippen LogP) is 1.88. The number of benzene rings is 1. The Hall–Kier alpha value is -1.02. The number of fused-ring (bicyclic) bond motifs is 1. The Balaban J connectivity index is 2.40. The monoisotopic (exact) mass is 177 g/mol. The van der Waals surface area contributed by atoms with Gasteiger partial charge in [-0.15, -0.1) is 0 Å². The topological polar surface area (TPSA) is 32.3 Å². The van der Waals surface area contributed by atoms with E-state index in [1.54, 1.807) is 0 Å². The lowest BCUT2D eigenvalue weighted by molar-refractivity contribution is 0.169. The molecule has 0 saturated carbocycles. The van der Waals surface area contributed by atoms with Crippen LogP contribution in [0.25, 0.3) is 0 Å². The molecule has 0 saturated heterocycles. The van der Waals surface area contributed by atoms with Gasteiger partial charge in [0.1, 0.15) is 0 Å². The Morgan fingerprint density at radius 1 is 1.54 bits per heavy atom. The minimum Gasteiger partial charge on any atom is -0.393 e. The SMILES string of the molecule is Cc1ccc2c(c1)C(C(C)O)CN2. The summed E-state index contributed by atoms with van der Waals surface area (Å²) in [5, 5.41) is 12.8. The molecule has 1 heterocycles. The summed E-state index contributed by atoms with van der Waals surface area (Å²) < 4.78 is 0. The molecule has 2 rings (SSSR count). The van der Waals surface area contributed by atoms with Gasteiger partial charge in [-0.3, -0.25) is 0 Å². The lowest BCUT2D eigenvalue weighted by Gasteiger charge is -2.13. The van der Waals surface area contributed by atoms with Crippen LogP contribution in [0.3, 0.4) is 0 Å². The standard InChI is InChI=1S/C11H15NO/c1-7-3-4-11-9(5-7)10(6-12-11)8(2)13/h3-5,8,10,12-13H,6H2,1-2H3. The maximum atomic E-state index is 9.55. The average molecular weight is 177 g/mol. The van der Waals surface area contributed by atoms with Gasteiger partial charge in [-0.2, -0.15) is 0 Å². The highest BCUT2D eigenvalue weighted by Gasteiger charge is 2.25. The van der Waals surface area contributed by atoms with Crippen molar-refractivity contribution in [2.75, 3.05) is 11.9 Å². The molecule has 1 aromatic carbocycles. The maximum Gasteiger partial charge on any atom is 0.0598 e. The van der Waals surface area contributed by atoms with Crippen LogP contribution in [0.15, 0.2) is 18.2 Å². The zero-order valence-corrected chi connectivity index (χ0v) is 8.04. The molecule has 2 atom stereocenters. The number of nitrogens with one attached hydrogen (secondary N) is 1. The van der Waals surface area contributed by atoms with Crippen LogP contribution in [-0.4, -0.2) is 17.8 Å². The smallest absolute Gasteiger partial charge is 0.0598 e. The molecule has 2 nitrogen and oxygen atoms in total. The summed E-state index contributed by atoms with van der Waals surface area (Å²) in [4.78, 5) is 0. The molecule has 70 valence electrons. The van der Waals surface area contributed by atoms with Crippen LogP contribution in [0.4, 0.5) is 5.69 Å². The minimum absolute atomic E-state index is 0.259. The third-order valence-electron chi connectivity index (χ3n) is 2.70. The van der Waals surface area contributed by atoms with Crippen LogP contribution < -0.4 is 5.32 Å². The molecular weight excluding hydrogens is 162 g/mol. The van der Waals surface area contributed by atoms with Crippen molar-refractivity contribution < 1.29 is 5.11 Å². The van der Waals surface area contributed by atoms with Crippen molar-refractivity contribution in [1.29, 1.82) is 0 Å². The van der Waals surface area contributed by atoms with E-state index >= 15 is 0 Å². The molecule has 0 aliphatic carbocycles. The van der Waals surface area contributed by atoms with Gasteiger partial charge < -0.3 is 10.4 Å². The van der Waals surface area contributed by atoms with E-state index < -0.39 is 0 Å². The van der Waals surface area contributed by atoms with Gasteiger partial charge in [0.15, 0.2) is 0 Å². The Morgan fingerprint density at radius 3 is 3.00 bits per heavy atom. The van der Waals surface area contributed by atoms with Gasteiger partial charge in [-0.1, -0.05) is 17.7 Å². The van der Waals surface area contributed by atoms with Crippen molar-refractivity contribution in [3.63, 3.8) is 0 Å². The fraction of sp³-hybridized carbons (Fsp3) is 0.455. The fourth-order valence-corrected chi connectivity index (χ4v) is 1.91. The Bertz CT molecular complexity index is 320. The molecule has 13 heavy (non-hydrogen) atoms. The molecule has 0 radical (unpaired) electrons. The summed E-state index contributed by atoms with van der Waals surface area (Å²) in [7, 11) is 0. The molecule has 2 N–H and O–H groups in total. The predicted molar refractivity (Wildman–Crippen MR) is 54.1 cm³/mol. The lowest BCUT2D eigenvalue weighted by Crippen LogP contribution is -2.16. The number of hydrogen-bond acceptors (Lipinski definition) is 2. The van der Waals surface area contributed by atoms with Gasteiger partial charge in [0.05, 0.1) is 6.10 Å². The van der Waals surface area contributed by atoms with Crippen LogP contribution in [0.5, 0.6) is 0 Å². The van der Waals surface area contributed by atoms with Crippen LogP contribution in [0.1, 0.15) is 24.0 Å². The summed E-state index contributed by atoms with van der Waals surface area (Å²) in [6.07, 6.45) is -0.268. The Kier molecular flexibility index (Phi) is 2.00. The second kappa shape index (κ2) is 3.04. The van der Waals surface area contributed by atoms with Crippen molar-refractivity contribution in [2.45, 2.75) is 25.9 Å². The van der Waals surface area contributed by atoms with E-state index in [0.29, 0.717) is 0 Å². The molecule has 0 aromatic heterocycles. The molecule has 0 bridgehead atoms. The highest BCUT2D eigenvalue weighted by molar-refractivity contribution is 5.59. The maximum absolute atomic E-state index is 9.55. The van der Waals surface area contributed by atoms with E-state index in [9.17, 15) is 5.11 Å². The summed E-state index contributed by atoms with van der Waals surface area (Å²) in [6.45, 7) is 4.79. The first-order valence-corrected chi connectivity index (χ1v) is 4.71. The Morgan fingerprint density at radius 2 is 2.31 bits per heavy atom. The van der Waals surface area contributed by atoms with Crippen LogP contribution in [-0.2, 0) is 0 Å². The molecular formula is C11H15NO. The lowest BCUT2D eigenvalue weighted by atomic mass is 9.95. The van der Waals surface area contributed by atoms with E-state index in [-0.39, 0.29) is 12.0 Å². The zero-order chi connectivity index (χ0) is 9.42. The first kappa shape index (κ1) is 8.57. The fourth-order valence-electron chi connectivity index (χ4n) is 1.91. The molecule has 0 amide bonds. The molecule has 0 fully saturated rings. The molecule has 1 aliphatic heterocycles. The van der Waals surface area contributed by atoms with Gasteiger partial charge >= 0.3 is 0 Å². The van der Waals surface area contributed by atoms with Crippen molar-refractivity contribution >= 4 is 5.69 Å². The third kappa shape index (κ3) is 1.42. The molecule has 2 heteroatoms. The summed E-state index contributed by atoms with van der Waals surface area (Å²) in [6, 6.07) is 6.34. The van der Waals surface area contributed by atoms with Crippen molar-refractivity contribution in [2.24, 2.45) is 0 Å². The third-order valence-corrected chi connectivity index (χ3v) is 2.70. The molecule has 1 aromatic rings. The zero-order valence-electron chi connectivity index (χ0n) is 8.04. The van der Waals surface area contributed by atoms with Gasteiger partial charge in [-0.05, 0) is 25.5 Å². The number of aliphatic hydroxyl groups is 1. The second-order valence-corrected chi connectivity index (χ2v) is 3.82. The van der Waals surface area contributed by atoms with E-state index in [2.05, 4.69) is 30.4 Å². The van der Waals surface area contributed by atoms with E-state index in [1.807, 2.05) is 6.92 Å². The summed E-state index contributed by atoms with van der Waals surface area (Å²) in [5.74, 6) is 0.259. The first-order chi connectivity index (χ1) is 6.18. The van der Waals surface area contributed by atoms with Gasteiger partial charge in [0, 0.05) is 18.2 Å². The normalized spacial score (nSPS) is 22.2. The summed E-state index contributed by atoms with van der Waals surface area (Å²) >= 11 is 0. The van der Waals surface area contributed by atoms with Gasteiger partial charge in [-0.25, -0.2) is 0 Å². The molecule has 0 spiro atoms. The molecule has 1 aliphatic rings. The first-order valence-electron chi connectivity index (χ1n) is 4.71. The van der Waals surface area contributed by atoms with Crippen molar-refractivity contribution in [1.82, 2.24) is 0 Å². The number of aliphatic hydroxyl groups excluding tert-OH is 1. The van der Waals surface area contributed by atoms with Crippen molar-refractivity contribution in [3.8, 4) is 0 Å². The number of anilines is 1. The quantitative estimate of drug-likeness (QED) is 0.686. The Labute approximate surface area is 78.6 Å². The number of rotatable bonds is 1. The number of aryl methyl sites for hydroxylation is 1. The molecule has 2 unspecified atom stereocenters. The minimum atomic E-state index is -0.268. The van der Waals surface area contributed by atoms with E-state index in [4.69, 9.17) is 0 Å². The summed E-state index contributed by atoms with van der Waals surface area (Å²) in [5.41, 5.74) is 3.69. The van der Waals surface area contributed by atoms with Crippen LogP contribution >= 0.6 is 0 Å². The average Bonchev–Trinajstić information content (AvgIpc) is 2.46. The van der Waals surface area contributed by atoms with Crippen LogP contribution in [0.2, 0.25) is 0 Å². The van der Waals surface area contributed by atoms with E-state index in [0.717, 1.165) is 6.54 Å². The number of hydrogen-bond donors (Lipinski definition) is 2. The second-order valence-electron chi connectivity index (χ2n) is 3.82. The highest BCUT2D eigenvalue weighted by atomic mass is 16.3. The van der Waals surface area contributed by atoms with Crippen LogP contribution in [0, 0.1) is 6.92 Å². The van der Waals surface area contributed by atoms with Crippen molar-refractivity contribution in [3.05, 3.63) is 29.3 Å². The van der Waals surface area contributed by atoms with E-state index in [1.165, 1.54) is 16.8 Å².